The molecule has 1 aromatic carbocycles. The van der Waals surface area contributed by atoms with E-state index < -0.39 is 0 Å². The van der Waals surface area contributed by atoms with Crippen molar-refractivity contribution in [2.24, 2.45) is 0 Å². The van der Waals surface area contributed by atoms with Crippen LogP contribution in [0.15, 0.2) is 42.7 Å². The lowest BCUT2D eigenvalue weighted by molar-refractivity contribution is 0.384. The van der Waals surface area contributed by atoms with Gasteiger partial charge in [-0.15, -0.1) is 0 Å². The van der Waals surface area contributed by atoms with Gasteiger partial charge in [-0.25, -0.2) is 4.39 Å². The summed E-state index contributed by atoms with van der Waals surface area (Å²) in [4.78, 5) is 0. The second kappa shape index (κ2) is 4.70. The van der Waals surface area contributed by atoms with Crippen molar-refractivity contribution >= 4 is 0 Å². The van der Waals surface area contributed by atoms with Crippen molar-refractivity contribution in [1.82, 2.24) is 4.68 Å². The number of benzene rings is 1. The van der Waals surface area contributed by atoms with Crippen LogP contribution in [0.25, 0.3) is 0 Å². The molecule has 0 amide bonds. The zero-order valence-electron chi connectivity index (χ0n) is 8.98. The van der Waals surface area contributed by atoms with Crippen molar-refractivity contribution in [3.05, 3.63) is 54.1 Å². The summed E-state index contributed by atoms with van der Waals surface area (Å²) in [6.45, 7) is 0.414. The Labute approximate surface area is 93.4 Å². The van der Waals surface area contributed by atoms with Crippen LogP contribution < -0.4 is 10.2 Å². The largest absolute Gasteiger partial charge is 0.494 e. The summed E-state index contributed by atoms with van der Waals surface area (Å²) in [6.07, 6.45) is 3.72. The summed E-state index contributed by atoms with van der Waals surface area (Å²) in [7, 11) is 1.46. The minimum atomic E-state index is -0.315. The van der Waals surface area contributed by atoms with Gasteiger partial charge in [0.2, 0.25) is 0 Å². The number of ether oxygens (including phenoxy) is 1. The van der Waals surface area contributed by atoms with Gasteiger partial charge in [-0.3, -0.25) is 4.68 Å². The van der Waals surface area contributed by atoms with Gasteiger partial charge in [-0.05, 0) is 18.2 Å². The maximum absolute atomic E-state index is 13.7. The lowest BCUT2D eigenvalue weighted by atomic mass is 10.2. The number of methoxy groups -OCH3 is 1. The van der Waals surface area contributed by atoms with E-state index in [1.807, 2.05) is 24.5 Å². The monoisotopic (exact) mass is 220 g/mol. The van der Waals surface area contributed by atoms with E-state index in [0.29, 0.717) is 12.1 Å². The third kappa shape index (κ3) is 2.16. The first-order valence-corrected chi connectivity index (χ1v) is 4.99. The summed E-state index contributed by atoms with van der Waals surface area (Å²) in [6, 6.07) is 8.90. The van der Waals surface area contributed by atoms with E-state index >= 15 is 0 Å². The fraction of sp³-hybridized carbons (Fsp3) is 0.167. The van der Waals surface area contributed by atoms with Gasteiger partial charge >= 0.3 is 0 Å². The smallest absolute Gasteiger partial charge is 0.170 e. The van der Waals surface area contributed by atoms with Crippen molar-refractivity contribution in [1.29, 1.82) is 0 Å². The number of rotatable bonds is 4. The molecule has 0 atom stereocenters. The minimum absolute atomic E-state index is 0.270. The molecular formula is C12H13FN2O. The van der Waals surface area contributed by atoms with E-state index in [-0.39, 0.29) is 11.6 Å². The molecule has 0 aliphatic heterocycles. The zero-order valence-corrected chi connectivity index (χ0v) is 8.98. The van der Waals surface area contributed by atoms with E-state index in [0.717, 1.165) is 0 Å². The normalized spacial score (nSPS) is 10.1. The first-order valence-electron chi connectivity index (χ1n) is 4.99. The van der Waals surface area contributed by atoms with Crippen LogP contribution in [0.4, 0.5) is 4.39 Å². The van der Waals surface area contributed by atoms with Crippen LogP contribution >= 0.6 is 0 Å². The first kappa shape index (κ1) is 10.5. The van der Waals surface area contributed by atoms with Crippen molar-refractivity contribution in [2.45, 2.75) is 6.54 Å². The molecule has 2 aromatic rings. The summed E-state index contributed by atoms with van der Waals surface area (Å²) >= 11 is 0. The third-order valence-corrected chi connectivity index (χ3v) is 2.32. The zero-order chi connectivity index (χ0) is 11.4. The highest BCUT2D eigenvalue weighted by Crippen LogP contribution is 2.19. The van der Waals surface area contributed by atoms with Crippen molar-refractivity contribution in [3.63, 3.8) is 0 Å². The number of nitrogens with one attached hydrogen (secondary N) is 1. The van der Waals surface area contributed by atoms with Gasteiger partial charge in [0, 0.05) is 18.0 Å². The average molecular weight is 220 g/mol. The highest BCUT2D eigenvalue weighted by Gasteiger charge is 2.07. The Hall–Kier alpha value is -1.97. The fourth-order valence-electron chi connectivity index (χ4n) is 1.47. The van der Waals surface area contributed by atoms with Gasteiger partial charge in [0.25, 0.3) is 0 Å². The maximum Gasteiger partial charge on any atom is 0.170 e. The fourth-order valence-corrected chi connectivity index (χ4v) is 1.47. The SMILES string of the molecule is COc1cccc(CNn2cccc2)c1F. The van der Waals surface area contributed by atoms with Crippen LogP contribution in [0.5, 0.6) is 5.75 Å². The van der Waals surface area contributed by atoms with E-state index in [1.54, 1.807) is 22.9 Å². The predicted molar refractivity (Wildman–Crippen MR) is 60.4 cm³/mol. The second-order valence-electron chi connectivity index (χ2n) is 3.36. The molecule has 2 rings (SSSR count). The molecular weight excluding hydrogens is 207 g/mol. The number of halogens is 1. The van der Waals surface area contributed by atoms with Crippen LogP contribution in [-0.2, 0) is 6.54 Å². The predicted octanol–water partition coefficient (Wildman–Crippen LogP) is 2.38. The number of nitrogens with zero attached hydrogens (tertiary/aromatic N) is 1. The topological polar surface area (TPSA) is 26.2 Å². The lowest BCUT2D eigenvalue weighted by Crippen LogP contribution is -2.13. The van der Waals surface area contributed by atoms with E-state index in [9.17, 15) is 4.39 Å². The van der Waals surface area contributed by atoms with Crippen LogP contribution in [0.3, 0.4) is 0 Å². The third-order valence-electron chi connectivity index (χ3n) is 2.32. The average Bonchev–Trinajstić information content (AvgIpc) is 2.81. The molecule has 4 heteroatoms. The summed E-state index contributed by atoms with van der Waals surface area (Å²) in [5.74, 6) is -0.0449. The standard InChI is InChI=1S/C12H13FN2O/c1-16-11-6-4-5-10(12(11)13)9-14-15-7-2-3-8-15/h2-8,14H,9H2,1H3. The van der Waals surface area contributed by atoms with E-state index in [2.05, 4.69) is 5.43 Å². The highest BCUT2D eigenvalue weighted by molar-refractivity contribution is 5.31. The maximum atomic E-state index is 13.7. The number of aromatic nitrogens is 1. The molecule has 1 aromatic heterocycles. The Morgan fingerprint density at radius 3 is 2.69 bits per heavy atom. The van der Waals surface area contributed by atoms with Gasteiger partial charge in [-0.2, -0.15) is 0 Å². The molecule has 0 aliphatic carbocycles. The summed E-state index contributed by atoms with van der Waals surface area (Å²) in [5.41, 5.74) is 3.63. The van der Waals surface area contributed by atoms with Gasteiger partial charge < -0.3 is 10.2 Å². The van der Waals surface area contributed by atoms with Crippen molar-refractivity contribution in [2.75, 3.05) is 12.5 Å². The summed E-state index contributed by atoms with van der Waals surface area (Å²) < 4.78 is 20.4. The van der Waals surface area contributed by atoms with Crippen LogP contribution in [0, 0.1) is 5.82 Å². The molecule has 0 unspecified atom stereocenters. The molecule has 16 heavy (non-hydrogen) atoms. The molecule has 0 aliphatic rings. The second-order valence-corrected chi connectivity index (χ2v) is 3.36. The molecule has 3 nitrogen and oxygen atoms in total. The van der Waals surface area contributed by atoms with Gasteiger partial charge in [0.15, 0.2) is 11.6 Å². The molecule has 84 valence electrons. The van der Waals surface area contributed by atoms with Gasteiger partial charge in [0.05, 0.1) is 13.7 Å². The van der Waals surface area contributed by atoms with Crippen LogP contribution in [0.2, 0.25) is 0 Å². The molecule has 1 heterocycles. The number of hydrogen-bond donors (Lipinski definition) is 1. The van der Waals surface area contributed by atoms with Gasteiger partial charge in [-0.1, -0.05) is 12.1 Å². The molecule has 0 saturated heterocycles. The molecule has 0 saturated carbocycles. The Morgan fingerprint density at radius 1 is 1.25 bits per heavy atom. The number of hydrogen-bond acceptors (Lipinski definition) is 2. The van der Waals surface area contributed by atoms with E-state index in [4.69, 9.17) is 4.74 Å². The molecule has 0 bridgehead atoms. The van der Waals surface area contributed by atoms with Crippen LogP contribution in [0.1, 0.15) is 5.56 Å². The lowest BCUT2D eigenvalue weighted by Gasteiger charge is -2.10. The van der Waals surface area contributed by atoms with Crippen LogP contribution in [-0.4, -0.2) is 11.8 Å². The Morgan fingerprint density at radius 2 is 2.00 bits per heavy atom. The molecule has 0 radical (unpaired) electrons. The quantitative estimate of drug-likeness (QED) is 0.856. The summed E-state index contributed by atoms with van der Waals surface area (Å²) in [5, 5.41) is 0. The Kier molecular flexibility index (Phi) is 3.10. The Balaban J connectivity index is 2.09. The first-order chi connectivity index (χ1) is 7.81. The van der Waals surface area contributed by atoms with Crippen molar-refractivity contribution in [3.8, 4) is 5.75 Å². The highest BCUT2D eigenvalue weighted by atomic mass is 19.1. The van der Waals surface area contributed by atoms with Crippen molar-refractivity contribution < 1.29 is 9.13 Å². The molecule has 1 N–H and O–H groups in total. The molecule has 0 spiro atoms. The van der Waals surface area contributed by atoms with E-state index in [1.165, 1.54) is 7.11 Å². The van der Waals surface area contributed by atoms with Gasteiger partial charge in [0.1, 0.15) is 0 Å². The Bertz CT molecular complexity index is 454. The minimum Gasteiger partial charge on any atom is -0.494 e. The molecule has 0 fully saturated rings.